The average molecular weight is 184 g/mol. The summed E-state index contributed by atoms with van der Waals surface area (Å²) in [5.74, 6) is -0.886. The fraction of sp³-hybridized carbons (Fsp3) is 0.333. The number of hydrogen-bond acceptors (Lipinski definition) is 4. The molecule has 0 aromatic rings. The molecule has 0 fully saturated rings. The van der Waals surface area contributed by atoms with Crippen molar-refractivity contribution in [3.05, 3.63) is 23.8 Å². The van der Waals surface area contributed by atoms with Gasteiger partial charge in [0.2, 0.25) is 0 Å². The van der Waals surface area contributed by atoms with E-state index in [-0.39, 0.29) is 0 Å². The number of methoxy groups -OCH3 is 2. The van der Waals surface area contributed by atoms with Crippen LogP contribution in [0.2, 0.25) is 0 Å². The van der Waals surface area contributed by atoms with Gasteiger partial charge in [-0.25, -0.2) is 9.59 Å². The summed E-state index contributed by atoms with van der Waals surface area (Å²) in [6.45, 7) is 1.59. The number of esters is 2. The highest BCUT2D eigenvalue weighted by molar-refractivity contribution is 5.88. The first kappa shape index (κ1) is 11.4. The maximum atomic E-state index is 10.8. The zero-order valence-electron chi connectivity index (χ0n) is 7.87. The predicted molar refractivity (Wildman–Crippen MR) is 46.9 cm³/mol. The molecule has 72 valence electrons. The zero-order chi connectivity index (χ0) is 10.3. The Morgan fingerprint density at radius 1 is 1.15 bits per heavy atom. The van der Waals surface area contributed by atoms with E-state index in [4.69, 9.17) is 0 Å². The van der Waals surface area contributed by atoms with E-state index in [2.05, 4.69) is 9.47 Å². The molecule has 4 heteroatoms. The van der Waals surface area contributed by atoms with Crippen LogP contribution in [0.15, 0.2) is 23.8 Å². The van der Waals surface area contributed by atoms with Crippen molar-refractivity contribution in [3.63, 3.8) is 0 Å². The van der Waals surface area contributed by atoms with Crippen molar-refractivity contribution in [2.45, 2.75) is 6.92 Å². The van der Waals surface area contributed by atoms with Crippen LogP contribution in [0.25, 0.3) is 0 Å². The summed E-state index contributed by atoms with van der Waals surface area (Å²) in [4.78, 5) is 21.4. The monoisotopic (exact) mass is 184 g/mol. The molecule has 0 N–H and O–H groups in total. The van der Waals surface area contributed by atoms with Crippen molar-refractivity contribution >= 4 is 11.9 Å². The zero-order valence-corrected chi connectivity index (χ0v) is 7.87. The minimum atomic E-state index is -0.464. The summed E-state index contributed by atoms with van der Waals surface area (Å²) in [6, 6.07) is 0. The molecular formula is C9H12O4. The summed E-state index contributed by atoms with van der Waals surface area (Å²) in [5.41, 5.74) is 0.419. The smallest absolute Gasteiger partial charge is 0.333 e. The normalized spacial score (nSPS) is 11.5. The van der Waals surface area contributed by atoms with Crippen molar-refractivity contribution < 1.29 is 19.1 Å². The Morgan fingerprint density at radius 3 is 2.23 bits per heavy atom. The Hall–Kier alpha value is -1.58. The van der Waals surface area contributed by atoms with E-state index in [1.807, 2.05) is 0 Å². The molecule has 0 aromatic heterocycles. The first-order valence-electron chi connectivity index (χ1n) is 3.63. The summed E-state index contributed by atoms with van der Waals surface area (Å²) in [7, 11) is 2.58. The second kappa shape index (κ2) is 5.99. The van der Waals surface area contributed by atoms with Gasteiger partial charge in [-0.05, 0) is 6.92 Å². The van der Waals surface area contributed by atoms with Crippen molar-refractivity contribution in [1.82, 2.24) is 0 Å². The molecule has 0 bridgehead atoms. The lowest BCUT2D eigenvalue weighted by molar-refractivity contribution is -0.136. The van der Waals surface area contributed by atoms with Crippen LogP contribution in [0.3, 0.4) is 0 Å². The van der Waals surface area contributed by atoms with Gasteiger partial charge in [-0.1, -0.05) is 12.2 Å². The summed E-state index contributed by atoms with van der Waals surface area (Å²) >= 11 is 0. The van der Waals surface area contributed by atoms with E-state index in [1.165, 1.54) is 32.4 Å². The van der Waals surface area contributed by atoms with Gasteiger partial charge in [0.1, 0.15) is 0 Å². The van der Waals surface area contributed by atoms with Crippen LogP contribution in [-0.4, -0.2) is 26.2 Å². The quantitative estimate of drug-likeness (QED) is 0.370. The number of carbonyl (C=O) groups excluding carboxylic acids is 2. The first-order valence-corrected chi connectivity index (χ1v) is 3.63. The number of allylic oxidation sites excluding steroid dienone is 2. The van der Waals surface area contributed by atoms with Gasteiger partial charge in [-0.3, -0.25) is 0 Å². The lowest BCUT2D eigenvalue weighted by Gasteiger charge is -1.95. The van der Waals surface area contributed by atoms with Crippen LogP contribution in [0, 0.1) is 0 Å². The molecule has 0 aliphatic rings. The van der Waals surface area contributed by atoms with Gasteiger partial charge in [0.15, 0.2) is 0 Å². The van der Waals surface area contributed by atoms with E-state index in [9.17, 15) is 9.59 Å². The average Bonchev–Trinajstić information content (AvgIpc) is 2.15. The van der Waals surface area contributed by atoms with Gasteiger partial charge in [-0.15, -0.1) is 0 Å². The lowest BCUT2D eigenvalue weighted by atomic mass is 10.3. The van der Waals surface area contributed by atoms with Crippen LogP contribution < -0.4 is 0 Å². The molecule has 0 unspecified atom stereocenters. The molecule has 0 aliphatic carbocycles. The lowest BCUT2D eigenvalue weighted by Crippen LogP contribution is -2.00. The fourth-order valence-electron chi connectivity index (χ4n) is 0.568. The van der Waals surface area contributed by atoms with E-state index in [0.29, 0.717) is 5.57 Å². The minimum absolute atomic E-state index is 0.419. The van der Waals surface area contributed by atoms with Crippen molar-refractivity contribution in [3.8, 4) is 0 Å². The van der Waals surface area contributed by atoms with E-state index < -0.39 is 11.9 Å². The third kappa shape index (κ3) is 4.79. The maximum Gasteiger partial charge on any atom is 0.333 e. The van der Waals surface area contributed by atoms with Gasteiger partial charge < -0.3 is 9.47 Å². The summed E-state index contributed by atoms with van der Waals surface area (Å²) in [5, 5.41) is 0. The number of ether oxygens (including phenoxy) is 2. The Bertz CT molecular complexity index is 250. The van der Waals surface area contributed by atoms with Gasteiger partial charge in [0, 0.05) is 11.6 Å². The van der Waals surface area contributed by atoms with Crippen molar-refractivity contribution in [2.24, 2.45) is 0 Å². The Kier molecular flexibility index (Phi) is 5.27. The van der Waals surface area contributed by atoms with Crippen LogP contribution >= 0.6 is 0 Å². The Balaban J connectivity index is 4.18. The third-order valence-electron chi connectivity index (χ3n) is 1.29. The molecule has 0 aromatic carbocycles. The Morgan fingerprint density at radius 2 is 1.77 bits per heavy atom. The third-order valence-corrected chi connectivity index (χ3v) is 1.29. The SMILES string of the molecule is COC(=O)/C=C/C=C(/C)C(=O)OC. The van der Waals surface area contributed by atoms with Crippen LogP contribution in [-0.2, 0) is 19.1 Å². The molecule has 13 heavy (non-hydrogen) atoms. The predicted octanol–water partition coefficient (Wildman–Crippen LogP) is 0.835. The van der Waals surface area contributed by atoms with Crippen molar-refractivity contribution in [2.75, 3.05) is 14.2 Å². The molecule has 0 rings (SSSR count). The molecule has 0 saturated carbocycles. The first-order chi connectivity index (χ1) is 6.11. The Labute approximate surface area is 76.8 Å². The van der Waals surface area contributed by atoms with Gasteiger partial charge in [0.05, 0.1) is 14.2 Å². The van der Waals surface area contributed by atoms with Crippen LogP contribution in [0.1, 0.15) is 6.92 Å². The van der Waals surface area contributed by atoms with E-state index in [0.717, 1.165) is 0 Å². The van der Waals surface area contributed by atoms with Crippen molar-refractivity contribution in [1.29, 1.82) is 0 Å². The highest BCUT2D eigenvalue weighted by atomic mass is 16.5. The highest BCUT2D eigenvalue weighted by Crippen LogP contribution is 1.95. The highest BCUT2D eigenvalue weighted by Gasteiger charge is 1.99. The van der Waals surface area contributed by atoms with E-state index in [1.54, 1.807) is 6.92 Å². The van der Waals surface area contributed by atoms with E-state index >= 15 is 0 Å². The second-order valence-corrected chi connectivity index (χ2v) is 2.22. The summed E-state index contributed by atoms with van der Waals surface area (Å²) < 4.78 is 8.79. The molecule has 0 aliphatic heterocycles. The largest absolute Gasteiger partial charge is 0.466 e. The minimum Gasteiger partial charge on any atom is -0.466 e. The molecular weight excluding hydrogens is 172 g/mol. The van der Waals surface area contributed by atoms with Gasteiger partial charge >= 0.3 is 11.9 Å². The molecule has 4 nitrogen and oxygen atoms in total. The second-order valence-electron chi connectivity index (χ2n) is 2.22. The summed E-state index contributed by atoms with van der Waals surface area (Å²) in [6.07, 6.45) is 4.12. The van der Waals surface area contributed by atoms with Gasteiger partial charge in [0.25, 0.3) is 0 Å². The topological polar surface area (TPSA) is 52.6 Å². The standard InChI is InChI=1S/C9H12O4/c1-7(9(11)13-3)5-4-6-8(10)12-2/h4-6H,1-3H3/b6-4+,7-5-. The molecule has 0 amide bonds. The fourth-order valence-corrected chi connectivity index (χ4v) is 0.568. The van der Waals surface area contributed by atoms with Crippen LogP contribution in [0.4, 0.5) is 0 Å². The maximum absolute atomic E-state index is 10.8. The van der Waals surface area contributed by atoms with Gasteiger partial charge in [-0.2, -0.15) is 0 Å². The molecule has 0 radical (unpaired) electrons. The molecule has 0 saturated heterocycles. The van der Waals surface area contributed by atoms with Crippen LogP contribution in [0.5, 0.6) is 0 Å². The number of carbonyl (C=O) groups is 2. The molecule has 0 spiro atoms. The molecule has 0 atom stereocenters. The number of hydrogen-bond donors (Lipinski definition) is 0. The molecule has 0 heterocycles. The number of rotatable bonds is 3.